The monoisotopic (exact) mass is 279 g/mol. The molecule has 108 valence electrons. The molecule has 0 amide bonds. The van der Waals surface area contributed by atoms with E-state index in [9.17, 15) is 0 Å². The molecule has 1 N–H and O–H groups in total. The Kier molecular flexibility index (Phi) is 3.74. The van der Waals surface area contributed by atoms with Crippen molar-refractivity contribution < 1.29 is 0 Å². The highest BCUT2D eigenvalue weighted by atomic mass is 15.0. The first-order valence-corrected chi connectivity index (χ1v) is 7.62. The Balaban J connectivity index is 2.27. The smallest absolute Gasteiger partial charge is 0.130 e. The normalized spacial score (nSPS) is 11.4. The Morgan fingerprint density at radius 1 is 1.14 bits per heavy atom. The zero-order valence-corrected chi connectivity index (χ0v) is 12.9. The Labute approximate surface area is 125 Å². The van der Waals surface area contributed by atoms with Crippen LogP contribution in [0.2, 0.25) is 0 Å². The molecule has 2 aromatic heterocycles. The quantitative estimate of drug-likeness (QED) is 0.702. The van der Waals surface area contributed by atoms with Crippen molar-refractivity contribution in [1.29, 1.82) is 0 Å². The minimum Gasteiger partial charge on any atom is -0.370 e. The van der Waals surface area contributed by atoms with Gasteiger partial charge >= 0.3 is 0 Å². The van der Waals surface area contributed by atoms with Crippen LogP contribution in [-0.4, -0.2) is 16.5 Å². The molecule has 0 aliphatic rings. The van der Waals surface area contributed by atoms with Crippen LogP contribution in [0.1, 0.15) is 38.7 Å². The van der Waals surface area contributed by atoms with Gasteiger partial charge in [0.1, 0.15) is 5.82 Å². The van der Waals surface area contributed by atoms with E-state index in [1.165, 1.54) is 16.3 Å². The van der Waals surface area contributed by atoms with E-state index in [1.54, 1.807) is 0 Å². The van der Waals surface area contributed by atoms with E-state index in [2.05, 4.69) is 49.3 Å². The molecule has 1 aromatic carbocycles. The van der Waals surface area contributed by atoms with E-state index >= 15 is 0 Å². The van der Waals surface area contributed by atoms with Crippen molar-refractivity contribution in [3.63, 3.8) is 0 Å². The Bertz CT molecular complexity index is 778. The van der Waals surface area contributed by atoms with Crippen molar-refractivity contribution in [2.45, 2.75) is 33.1 Å². The van der Waals surface area contributed by atoms with Gasteiger partial charge in [0, 0.05) is 29.7 Å². The third-order valence-electron chi connectivity index (χ3n) is 3.80. The molecule has 21 heavy (non-hydrogen) atoms. The van der Waals surface area contributed by atoms with Crippen molar-refractivity contribution in [3.05, 3.63) is 42.2 Å². The van der Waals surface area contributed by atoms with Gasteiger partial charge in [-0.15, -0.1) is 0 Å². The van der Waals surface area contributed by atoms with E-state index in [0.29, 0.717) is 5.92 Å². The third kappa shape index (κ3) is 2.56. The molecule has 0 spiro atoms. The van der Waals surface area contributed by atoms with Crippen LogP contribution >= 0.6 is 0 Å². The SMILES string of the molecule is CCCNc1nc2c(ccc3ccncc32)cc1C(C)C. The van der Waals surface area contributed by atoms with Gasteiger partial charge in [-0.05, 0) is 35.4 Å². The summed E-state index contributed by atoms with van der Waals surface area (Å²) in [4.78, 5) is 9.16. The van der Waals surface area contributed by atoms with Crippen molar-refractivity contribution in [1.82, 2.24) is 9.97 Å². The van der Waals surface area contributed by atoms with Crippen LogP contribution < -0.4 is 5.32 Å². The van der Waals surface area contributed by atoms with Gasteiger partial charge in [-0.25, -0.2) is 4.98 Å². The maximum Gasteiger partial charge on any atom is 0.130 e. The first kappa shape index (κ1) is 13.8. The zero-order chi connectivity index (χ0) is 14.8. The molecule has 0 aliphatic carbocycles. The molecule has 0 bridgehead atoms. The number of pyridine rings is 2. The first-order chi connectivity index (χ1) is 10.2. The van der Waals surface area contributed by atoms with Crippen LogP contribution in [0.3, 0.4) is 0 Å². The maximum absolute atomic E-state index is 4.91. The second-order valence-corrected chi connectivity index (χ2v) is 5.74. The molecule has 2 heterocycles. The molecule has 0 atom stereocenters. The average Bonchev–Trinajstić information content (AvgIpc) is 2.51. The molecule has 3 heteroatoms. The summed E-state index contributed by atoms with van der Waals surface area (Å²) in [7, 11) is 0. The number of fused-ring (bicyclic) bond motifs is 3. The van der Waals surface area contributed by atoms with Gasteiger partial charge < -0.3 is 5.32 Å². The summed E-state index contributed by atoms with van der Waals surface area (Å²) in [6.45, 7) is 7.54. The predicted molar refractivity (Wildman–Crippen MR) is 89.9 cm³/mol. The lowest BCUT2D eigenvalue weighted by Gasteiger charge is -2.15. The number of hydrogen-bond acceptors (Lipinski definition) is 3. The summed E-state index contributed by atoms with van der Waals surface area (Å²) >= 11 is 0. The second-order valence-electron chi connectivity index (χ2n) is 5.74. The molecule has 3 rings (SSSR count). The van der Waals surface area contributed by atoms with Gasteiger partial charge in [0.25, 0.3) is 0 Å². The lowest BCUT2D eigenvalue weighted by atomic mass is 10.00. The molecule has 0 radical (unpaired) electrons. The molecular formula is C18H21N3. The van der Waals surface area contributed by atoms with Crippen molar-refractivity contribution in [3.8, 4) is 0 Å². The third-order valence-corrected chi connectivity index (χ3v) is 3.80. The lowest BCUT2D eigenvalue weighted by molar-refractivity contribution is 0.857. The van der Waals surface area contributed by atoms with Crippen molar-refractivity contribution in [2.75, 3.05) is 11.9 Å². The summed E-state index contributed by atoms with van der Waals surface area (Å²) in [5.74, 6) is 1.46. The highest BCUT2D eigenvalue weighted by molar-refractivity contribution is 6.05. The minimum absolute atomic E-state index is 0.450. The first-order valence-electron chi connectivity index (χ1n) is 7.62. The number of hydrogen-bond donors (Lipinski definition) is 1. The van der Waals surface area contributed by atoms with Gasteiger partial charge in [0.05, 0.1) is 5.52 Å². The van der Waals surface area contributed by atoms with Crippen molar-refractivity contribution in [2.24, 2.45) is 0 Å². The molecule has 0 fully saturated rings. The highest BCUT2D eigenvalue weighted by Crippen LogP contribution is 2.30. The number of aromatic nitrogens is 2. The minimum atomic E-state index is 0.450. The molecule has 3 nitrogen and oxygen atoms in total. The van der Waals surface area contributed by atoms with Gasteiger partial charge in [-0.3, -0.25) is 4.98 Å². The number of rotatable bonds is 4. The van der Waals surface area contributed by atoms with Gasteiger partial charge in [0.2, 0.25) is 0 Å². The second kappa shape index (κ2) is 5.68. The van der Waals surface area contributed by atoms with Crippen LogP contribution in [0.4, 0.5) is 5.82 Å². The van der Waals surface area contributed by atoms with Crippen molar-refractivity contribution >= 4 is 27.5 Å². The van der Waals surface area contributed by atoms with Crippen LogP contribution in [0, 0.1) is 0 Å². The van der Waals surface area contributed by atoms with E-state index in [-0.39, 0.29) is 0 Å². The van der Waals surface area contributed by atoms with Crippen LogP contribution in [0.15, 0.2) is 36.7 Å². The highest BCUT2D eigenvalue weighted by Gasteiger charge is 2.11. The molecule has 3 aromatic rings. The van der Waals surface area contributed by atoms with Crippen LogP contribution in [-0.2, 0) is 0 Å². The topological polar surface area (TPSA) is 37.8 Å². The van der Waals surface area contributed by atoms with Gasteiger partial charge in [-0.1, -0.05) is 32.9 Å². The fourth-order valence-electron chi connectivity index (χ4n) is 2.64. The Hall–Kier alpha value is -2.16. The number of benzene rings is 1. The lowest BCUT2D eigenvalue weighted by Crippen LogP contribution is -2.06. The van der Waals surface area contributed by atoms with E-state index in [4.69, 9.17) is 4.98 Å². The molecule has 0 unspecified atom stereocenters. The summed E-state index contributed by atoms with van der Waals surface area (Å²) in [6.07, 6.45) is 4.82. The largest absolute Gasteiger partial charge is 0.370 e. The van der Waals surface area contributed by atoms with E-state index in [1.807, 2.05) is 18.5 Å². The fraction of sp³-hybridized carbons (Fsp3) is 0.333. The average molecular weight is 279 g/mol. The summed E-state index contributed by atoms with van der Waals surface area (Å²) in [6, 6.07) is 8.59. The number of nitrogens with one attached hydrogen (secondary N) is 1. The fourth-order valence-corrected chi connectivity index (χ4v) is 2.64. The molecular weight excluding hydrogens is 258 g/mol. The van der Waals surface area contributed by atoms with E-state index in [0.717, 1.165) is 29.7 Å². The van der Waals surface area contributed by atoms with Crippen LogP contribution in [0.25, 0.3) is 21.7 Å². The maximum atomic E-state index is 4.91. The number of anilines is 1. The summed E-state index contributed by atoms with van der Waals surface area (Å²) < 4.78 is 0. The van der Waals surface area contributed by atoms with Gasteiger partial charge in [0.15, 0.2) is 0 Å². The Morgan fingerprint density at radius 3 is 2.71 bits per heavy atom. The Morgan fingerprint density at radius 2 is 1.95 bits per heavy atom. The number of nitrogens with zero attached hydrogens (tertiary/aromatic N) is 2. The molecule has 0 saturated heterocycles. The van der Waals surface area contributed by atoms with Crippen LogP contribution in [0.5, 0.6) is 0 Å². The summed E-state index contributed by atoms with van der Waals surface area (Å²) in [5, 5.41) is 6.95. The predicted octanol–water partition coefficient (Wildman–Crippen LogP) is 4.73. The summed E-state index contributed by atoms with van der Waals surface area (Å²) in [5.41, 5.74) is 2.31. The zero-order valence-electron chi connectivity index (χ0n) is 12.9. The molecule has 0 aliphatic heterocycles. The van der Waals surface area contributed by atoms with Gasteiger partial charge in [-0.2, -0.15) is 0 Å². The molecule has 0 saturated carbocycles. The van der Waals surface area contributed by atoms with E-state index < -0.39 is 0 Å². The standard InChI is InChI=1S/C18H21N3/c1-4-8-20-18-15(12(2)3)10-14-6-5-13-7-9-19-11-16(13)17(14)21-18/h5-7,9-12H,4,8H2,1-3H3,(H,20,21).